The lowest BCUT2D eigenvalue weighted by Crippen LogP contribution is -2.47. The summed E-state index contributed by atoms with van der Waals surface area (Å²) in [6.45, 7) is 6.48. The molecule has 1 aliphatic rings. The first kappa shape index (κ1) is 46.5. The Labute approximate surface area is 368 Å². The van der Waals surface area contributed by atoms with Crippen LogP contribution in [-0.2, 0) is 33.4 Å². The van der Waals surface area contributed by atoms with E-state index < -0.39 is 36.3 Å². The second-order valence-corrected chi connectivity index (χ2v) is 14.6. The predicted molar refractivity (Wildman–Crippen MR) is 230 cm³/mol. The van der Waals surface area contributed by atoms with Crippen molar-refractivity contribution in [2.24, 2.45) is 5.73 Å². The van der Waals surface area contributed by atoms with Crippen LogP contribution >= 0.6 is 0 Å². The molecule has 0 bridgehead atoms. The van der Waals surface area contributed by atoms with Gasteiger partial charge < -0.3 is 49.9 Å². The van der Waals surface area contributed by atoms with Crippen molar-refractivity contribution >= 4 is 47.3 Å². The van der Waals surface area contributed by atoms with E-state index in [4.69, 9.17) is 34.2 Å². The minimum absolute atomic E-state index is 0.0114. The van der Waals surface area contributed by atoms with E-state index in [1.807, 2.05) is 42.5 Å². The van der Waals surface area contributed by atoms with Crippen molar-refractivity contribution in [1.29, 1.82) is 0 Å². The number of carbonyl (C=O) groups excluding carboxylic acids is 6. The van der Waals surface area contributed by atoms with Crippen LogP contribution in [0, 0.1) is 13.8 Å². The number of hydrogen-bond acceptors (Lipinski definition) is 15. The van der Waals surface area contributed by atoms with Crippen molar-refractivity contribution in [2.45, 2.75) is 45.6 Å². The molecule has 0 saturated carbocycles. The van der Waals surface area contributed by atoms with Gasteiger partial charge >= 0.3 is 0 Å². The molecule has 0 aliphatic carbocycles. The third-order valence-corrected chi connectivity index (χ3v) is 10.1. The third kappa shape index (κ3) is 11.7. The van der Waals surface area contributed by atoms with Crippen LogP contribution in [0.3, 0.4) is 0 Å². The number of carbonyl (C=O) groups is 6. The van der Waals surface area contributed by atoms with Gasteiger partial charge in [-0.25, -0.2) is 4.98 Å². The zero-order valence-electron chi connectivity index (χ0n) is 35.6. The highest BCUT2D eigenvalue weighted by atomic mass is 16.5. The number of primary amides is 1. The van der Waals surface area contributed by atoms with Gasteiger partial charge in [-0.05, 0) is 50.8 Å². The molecule has 0 radical (unpaired) electrons. The molecule has 64 heavy (non-hydrogen) atoms. The second-order valence-electron chi connectivity index (χ2n) is 14.6. The van der Waals surface area contributed by atoms with Crippen molar-refractivity contribution in [3.8, 4) is 28.1 Å². The number of nitrogens with two attached hydrogens (primary N) is 1. The van der Waals surface area contributed by atoms with Crippen molar-refractivity contribution < 1.29 is 52.2 Å². The molecule has 6 rings (SSSR count). The first-order chi connectivity index (χ1) is 31.1. The topological polar surface area (TPSA) is 261 Å². The molecule has 20 nitrogen and oxygen atoms in total. The number of ether oxygens (including phenoxy) is 4. The molecule has 1 aliphatic heterocycles. The Balaban J connectivity index is 0.783. The number of nitrogens with one attached hydrogen (secondary N) is 3. The monoisotopic (exact) mass is 881 g/mol. The Morgan fingerprint density at radius 2 is 1.53 bits per heavy atom. The van der Waals surface area contributed by atoms with Gasteiger partial charge in [0.2, 0.25) is 11.8 Å². The first-order valence-corrected chi connectivity index (χ1v) is 20.8. The lowest BCUT2D eigenvalue weighted by atomic mass is 10.0. The number of hydrogen-bond donors (Lipinski definition) is 4. The minimum atomic E-state index is -1.29. The summed E-state index contributed by atoms with van der Waals surface area (Å²) in [5.74, 6) is -1.61. The van der Waals surface area contributed by atoms with Crippen molar-refractivity contribution in [2.75, 3.05) is 71.2 Å². The van der Waals surface area contributed by atoms with Crippen molar-refractivity contribution in [3.05, 3.63) is 83.6 Å². The van der Waals surface area contributed by atoms with Crippen LogP contribution in [0.15, 0.2) is 65.6 Å². The Hall–Kier alpha value is -7.03. The summed E-state index contributed by atoms with van der Waals surface area (Å²) in [5, 5.41) is 12.9. The summed E-state index contributed by atoms with van der Waals surface area (Å²) in [5.41, 5.74) is 10.3. The lowest BCUT2D eigenvalue weighted by molar-refractivity contribution is -0.123. The highest BCUT2D eigenvalue weighted by molar-refractivity contribution is 6.24. The molecule has 1 atom stereocenters. The third-order valence-electron chi connectivity index (χ3n) is 10.1. The number of imidazole rings is 1. The Kier molecular flexibility index (Phi) is 16.6. The summed E-state index contributed by atoms with van der Waals surface area (Å²) in [4.78, 5) is 83.7. The molecule has 20 heteroatoms. The van der Waals surface area contributed by atoms with Gasteiger partial charge in [-0.3, -0.25) is 38.3 Å². The number of aldehydes is 1. The number of amides is 5. The van der Waals surface area contributed by atoms with Gasteiger partial charge in [-0.15, -0.1) is 0 Å². The molecule has 5 amide bonds. The fourth-order valence-corrected chi connectivity index (χ4v) is 7.03. The fourth-order valence-electron chi connectivity index (χ4n) is 7.03. The minimum Gasteiger partial charge on any atom is -0.483 e. The molecule has 3 aromatic heterocycles. The molecule has 5 N–H and O–H groups in total. The summed E-state index contributed by atoms with van der Waals surface area (Å²) < 4.78 is 29.5. The maximum atomic E-state index is 13.1. The Morgan fingerprint density at radius 3 is 2.19 bits per heavy atom. The van der Waals surface area contributed by atoms with Gasteiger partial charge in [0.25, 0.3) is 17.7 Å². The van der Waals surface area contributed by atoms with E-state index in [2.05, 4.69) is 26.1 Å². The number of rotatable bonds is 27. The average molecular weight is 882 g/mol. The molecule has 0 spiro atoms. The van der Waals surface area contributed by atoms with E-state index in [0.717, 1.165) is 33.0 Å². The van der Waals surface area contributed by atoms with Crippen LogP contribution in [0.4, 0.5) is 5.82 Å². The molecule has 0 saturated heterocycles. The maximum absolute atomic E-state index is 13.1. The average Bonchev–Trinajstić information content (AvgIpc) is 3.92. The van der Waals surface area contributed by atoms with Crippen LogP contribution in [0.2, 0.25) is 0 Å². The number of fused-ring (bicyclic) bond motifs is 2. The molecule has 0 fully saturated rings. The van der Waals surface area contributed by atoms with Gasteiger partial charge in [0.05, 0.1) is 56.0 Å². The summed E-state index contributed by atoms with van der Waals surface area (Å²) in [6, 6.07) is 11.0. The van der Waals surface area contributed by atoms with E-state index in [9.17, 15) is 28.8 Å². The molecular weight excluding hydrogens is 831 g/mol. The van der Waals surface area contributed by atoms with Crippen LogP contribution in [-0.4, -0.2) is 132 Å². The van der Waals surface area contributed by atoms with Crippen LogP contribution in [0.1, 0.15) is 57.9 Å². The number of imide groups is 1. The molecular formula is C44H51N9O11. The van der Waals surface area contributed by atoms with Gasteiger partial charge in [0, 0.05) is 56.2 Å². The molecule has 1 unspecified atom stereocenters. The van der Waals surface area contributed by atoms with E-state index in [0.29, 0.717) is 89.0 Å². The highest BCUT2D eigenvalue weighted by Gasteiger charge is 2.43. The SMILES string of the molecule is Cc1noc(C)c1-c1ccc(-c2nc3cnccn3c2NCC(=O)NCCCOCCOCCOCCCNC(=O)COc2cccc3c2C(=O)N(C(CCC=O)C(N)=O)C3=O)cc1. The standard InChI is InChI=1S/C44H51N9O11/c1-28-38(29(2)64-51-28)30-10-12-31(13-11-30)40-42(52-17-16-46-25-35(52)50-40)49-26-36(55)47-14-5-19-60-21-23-62-24-22-61-20-6-15-48-37(56)27-63-34-9-3-7-32-39(34)44(59)53(43(32)58)33(41(45)57)8-4-18-54/h3,7,9-13,16-18,25,33,49H,4-6,8,14-15,19-24,26-27H2,1-2H3,(H2,45,57)(H,47,55)(H,48,56). The first-order valence-electron chi connectivity index (χ1n) is 20.8. The van der Waals surface area contributed by atoms with Crippen molar-refractivity contribution in [1.82, 2.24) is 35.1 Å². The summed E-state index contributed by atoms with van der Waals surface area (Å²) in [7, 11) is 0. The molecule has 4 heterocycles. The summed E-state index contributed by atoms with van der Waals surface area (Å²) in [6.07, 6.45) is 6.68. The zero-order chi connectivity index (χ0) is 45.4. The number of benzene rings is 2. The number of anilines is 1. The summed E-state index contributed by atoms with van der Waals surface area (Å²) >= 11 is 0. The normalized spacial score (nSPS) is 12.6. The van der Waals surface area contributed by atoms with E-state index in [1.165, 1.54) is 18.2 Å². The van der Waals surface area contributed by atoms with Gasteiger partial charge in [0.1, 0.15) is 35.3 Å². The maximum Gasteiger partial charge on any atom is 0.266 e. The fraction of sp³-hybridized carbons (Fsp3) is 0.386. The van der Waals surface area contributed by atoms with Crippen molar-refractivity contribution in [3.63, 3.8) is 0 Å². The van der Waals surface area contributed by atoms with Gasteiger partial charge in [-0.1, -0.05) is 35.5 Å². The van der Waals surface area contributed by atoms with Gasteiger partial charge in [-0.2, -0.15) is 0 Å². The second kappa shape index (κ2) is 22.9. The highest BCUT2D eigenvalue weighted by Crippen LogP contribution is 2.34. The number of aromatic nitrogens is 4. The van der Waals surface area contributed by atoms with Crippen LogP contribution in [0.5, 0.6) is 5.75 Å². The molecule has 338 valence electrons. The smallest absolute Gasteiger partial charge is 0.266 e. The Bertz CT molecular complexity index is 2410. The van der Waals surface area contributed by atoms with E-state index in [-0.39, 0.29) is 42.2 Å². The zero-order valence-corrected chi connectivity index (χ0v) is 35.6. The van der Waals surface area contributed by atoms with E-state index in [1.54, 1.807) is 18.6 Å². The number of nitrogens with zero attached hydrogens (tertiary/aromatic N) is 5. The Morgan fingerprint density at radius 1 is 0.859 bits per heavy atom. The number of aryl methyl sites for hydroxylation is 2. The van der Waals surface area contributed by atoms with Crippen LogP contribution < -0.4 is 26.4 Å². The molecule has 5 aromatic rings. The predicted octanol–water partition coefficient (Wildman–Crippen LogP) is 2.65. The van der Waals surface area contributed by atoms with Gasteiger partial charge in [0.15, 0.2) is 12.3 Å². The van der Waals surface area contributed by atoms with Crippen LogP contribution in [0.25, 0.3) is 28.0 Å². The lowest BCUT2D eigenvalue weighted by Gasteiger charge is -2.22. The molecule has 2 aromatic carbocycles. The van der Waals surface area contributed by atoms with E-state index >= 15 is 0 Å². The largest absolute Gasteiger partial charge is 0.483 e. The quantitative estimate of drug-likeness (QED) is 0.0336.